The van der Waals surface area contributed by atoms with Crippen molar-refractivity contribution in [1.29, 1.82) is 0 Å². The molecule has 88 valence electrons. The maximum Gasteiger partial charge on any atom is 0.451 e. The van der Waals surface area contributed by atoms with Crippen molar-refractivity contribution < 1.29 is 23.1 Å². The van der Waals surface area contributed by atoms with Crippen molar-refractivity contribution >= 4 is 11.8 Å². The Hall–Kier alpha value is -1.86. The van der Waals surface area contributed by atoms with Gasteiger partial charge in [-0.05, 0) is 0 Å². The van der Waals surface area contributed by atoms with Crippen molar-refractivity contribution in [2.24, 2.45) is 0 Å². The Morgan fingerprint density at radius 1 is 1.38 bits per heavy atom. The van der Waals surface area contributed by atoms with Gasteiger partial charge in [0.1, 0.15) is 5.82 Å². The van der Waals surface area contributed by atoms with Gasteiger partial charge in [0.2, 0.25) is 5.82 Å². The molecule has 0 aliphatic carbocycles. The van der Waals surface area contributed by atoms with Crippen molar-refractivity contribution in [3.63, 3.8) is 0 Å². The second kappa shape index (κ2) is 3.95. The first-order chi connectivity index (χ1) is 7.21. The van der Waals surface area contributed by atoms with E-state index in [1.807, 2.05) is 0 Å². The molecule has 0 saturated carbocycles. The van der Waals surface area contributed by atoms with Crippen molar-refractivity contribution in [3.05, 3.63) is 17.6 Å². The number of hydrogen-bond donors (Lipinski definition) is 1. The Morgan fingerprint density at radius 2 is 1.94 bits per heavy atom. The number of alkyl halides is 3. The van der Waals surface area contributed by atoms with Crippen molar-refractivity contribution in [1.82, 2.24) is 9.97 Å². The molecule has 1 N–H and O–H groups in total. The van der Waals surface area contributed by atoms with Crippen LogP contribution >= 0.6 is 0 Å². The first-order valence-electron chi connectivity index (χ1n) is 4.08. The SMILES string of the molecule is CN(C)c1cc(C(=O)O)nc(C(F)(F)F)n1. The molecule has 0 atom stereocenters. The van der Waals surface area contributed by atoms with Crippen LogP contribution in [0.15, 0.2) is 6.07 Å². The highest BCUT2D eigenvalue weighted by molar-refractivity contribution is 5.86. The molecule has 0 aromatic carbocycles. The number of aromatic carboxylic acids is 1. The largest absolute Gasteiger partial charge is 0.477 e. The number of rotatable bonds is 2. The van der Waals surface area contributed by atoms with Crippen LogP contribution in [0.25, 0.3) is 0 Å². The summed E-state index contributed by atoms with van der Waals surface area (Å²) in [6.07, 6.45) is -4.77. The van der Waals surface area contributed by atoms with Gasteiger partial charge in [0.15, 0.2) is 5.69 Å². The fraction of sp³-hybridized carbons (Fsp3) is 0.375. The third kappa shape index (κ3) is 2.59. The first-order valence-corrected chi connectivity index (χ1v) is 4.08. The Labute approximate surface area is 88.5 Å². The van der Waals surface area contributed by atoms with Crippen LogP contribution in [0.4, 0.5) is 19.0 Å². The normalized spacial score (nSPS) is 11.3. The van der Waals surface area contributed by atoms with E-state index in [1.54, 1.807) is 0 Å². The van der Waals surface area contributed by atoms with Gasteiger partial charge in [-0.1, -0.05) is 0 Å². The Morgan fingerprint density at radius 3 is 2.31 bits per heavy atom. The van der Waals surface area contributed by atoms with E-state index < -0.39 is 23.7 Å². The van der Waals surface area contributed by atoms with E-state index in [-0.39, 0.29) is 5.82 Å². The van der Waals surface area contributed by atoms with E-state index >= 15 is 0 Å². The number of carbonyl (C=O) groups is 1. The molecule has 0 amide bonds. The van der Waals surface area contributed by atoms with Gasteiger partial charge < -0.3 is 10.0 Å². The molecule has 8 heteroatoms. The predicted octanol–water partition coefficient (Wildman–Crippen LogP) is 1.26. The molecule has 0 bridgehead atoms. The van der Waals surface area contributed by atoms with Gasteiger partial charge >= 0.3 is 12.1 Å². The standard InChI is InChI=1S/C8H8F3N3O2/c1-14(2)5-3-4(6(15)16)12-7(13-5)8(9,10)11/h3H,1-2H3,(H,15,16). The van der Waals surface area contributed by atoms with Crippen molar-refractivity contribution in [3.8, 4) is 0 Å². The molecule has 1 rings (SSSR count). The molecule has 0 aliphatic rings. The van der Waals surface area contributed by atoms with Crippen LogP contribution < -0.4 is 4.90 Å². The van der Waals surface area contributed by atoms with Gasteiger partial charge in [-0.3, -0.25) is 0 Å². The Kier molecular flexibility index (Phi) is 3.02. The lowest BCUT2D eigenvalue weighted by Gasteiger charge is -2.13. The van der Waals surface area contributed by atoms with Crippen LogP contribution in [0.2, 0.25) is 0 Å². The van der Waals surface area contributed by atoms with Gasteiger partial charge in [0, 0.05) is 20.2 Å². The number of halogens is 3. The fourth-order valence-corrected chi connectivity index (χ4v) is 0.900. The topological polar surface area (TPSA) is 66.3 Å². The van der Waals surface area contributed by atoms with Crippen LogP contribution in [0.5, 0.6) is 0 Å². The Bertz CT molecular complexity index is 417. The van der Waals surface area contributed by atoms with Gasteiger partial charge in [0.25, 0.3) is 0 Å². The lowest BCUT2D eigenvalue weighted by atomic mass is 10.3. The lowest BCUT2D eigenvalue weighted by molar-refractivity contribution is -0.144. The third-order valence-electron chi connectivity index (χ3n) is 1.64. The molecule has 16 heavy (non-hydrogen) atoms. The summed E-state index contributed by atoms with van der Waals surface area (Å²) >= 11 is 0. The maximum absolute atomic E-state index is 12.3. The second-order valence-electron chi connectivity index (χ2n) is 3.13. The zero-order valence-corrected chi connectivity index (χ0v) is 8.41. The summed E-state index contributed by atoms with van der Waals surface area (Å²) in [6.45, 7) is 0. The minimum Gasteiger partial charge on any atom is -0.477 e. The first kappa shape index (κ1) is 12.2. The molecule has 1 aromatic rings. The maximum atomic E-state index is 12.3. The predicted molar refractivity (Wildman–Crippen MR) is 48.3 cm³/mol. The quantitative estimate of drug-likeness (QED) is 0.835. The molecule has 1 heterocycles. The monoisotopic (exact) mass is 235 g/mol. The summed E-state index contributed by atoms with van der Waals surface area (Å²) in [7, 11) is 2.90. The molecule has 0 saturated heterocycles. The summed E-state index contributed by atoms with van der Waals surface area (Å²) in [5.74, 6) is -3.10. The fourth-order valence-electron chi connectivity index (χ4n) is 0.900. The number of nitrogens with zero attached hydrogens (tertiary/aromatic N) is 3. The lowest BCUT2D eigenvalue weighted by Crippen LogP contribution is -2.19. The summed E-state index contributed by atoms with van der Waals surface area (Å²) < 4.78 is 37.0. The smallest absolute Gasteiger partial charge is 0.451 e. The number of anilines is 1. The van der Waals surface area contributed by atoms with Gasteiger partial charge in [0.05, 0.1) is 0 Å². The van der Waals surface area contributed by atoms with E-state index in [9.17, 15) is 18.0 Å². The minimum atomic E-state index is -4.77. The highest BCUT2D eigenvalue weighted by Gasteiger charge is 2.36. The highest BCUT2D eigenvalue weighted by atomic mass is 19.4. The zero-order chi connectivity index (χ0) is 12.5. The summed E-state index contributed by atoms with van der Waals surface area (Å²) in [5.41, 5.74) is -0.689. The van der Waals surface area contributed by atoms with Gasteiger partial charge in [-0.15, -0.1) is 0 Å². The van der Waals surface area contributed by atoms with Crippen LogP contribution in [0.1, 0.15) is 16.3 Å². The summed E-state index contributed by atoms with van der Waals surface area (Å²) in [5, 5.41) is 8.61. The van der Waals surface area contributed by atoms with Gasteiger partial charge in [-0.2, -0.15) is 13.2 Å². The average Bonchev–Trinajstić information content (AvgIpc) is 2.15. The molecule has 1 aromatic heterocycles. The van der Waals surface area contributed by atoms with Crippen LogP contribution in [0, 0.1) is 0 Å². The molecule has 5 nitrogen and oxygen atoms in total. The average molecular weight is 235 g/mol. The molecular formula is C8H8F3N3O2. The number of carboxylic acid groups (broad SMARTS) is 1. The van der Waals surface area contributed by atoms with Crippen LogP contribution in [-0.2, 0) is 6.18 Å². The molecular weight excluding hydrogens is 227 g/mol. The Balaban J connectivity index is 3.36. The molecule has 0 fully saturated rings. The van der Waals surface area contributed by atoms with Gasteiger partial charge in [-0.25, -0.2) is 14.8 Å². The summed E-state index contributed by atoms with van der Waals surface area (Å²) in [4.78, 5) is 18.0. The highest BCUT2D eigenvalue weighted by Crippen LogP contribution is 2.27. The molecule has 0 spiro atoms. The van der Waals surface area contributed by atoms with E-state index in [1.165, 1.54) is 19.0 Å². The molecule has 0 unspecified atom stereocenters. The van der Waals surface area contributed by atoms with Crippen LogP contribution in [0.3, 0.4) is 0 Å². The van der Waals surface area contributed by atoms with Crippen molar-refractivity contribution in [2.45, 2.75) is 6.18 Å². The number of carboxylic acids is 1. The second-order valence-corrected chi connectivity index (χ2v) is 3.13. The van der Waals surface area contributed by atoms with E-state index in [0.717, 1.165) is 6.07 Å². The number of hydrogen-bond acceptors (Lipinski definition) is 4. The molecule has 0 radical (unpaired) electrons. The third-order valence-corrected chi connectivity index (χ3v) is 1.64. The van der Waals surface area contributed by atoms with E-state index in [4.69, 9.17) is 5.11 Å². The van der Waals surface area contributed by atoms with Crippen molar-refractivity contribution in [2.75, 3.05) is 19.0 Å². The summed E-state index contributed by atoms with van der Waals surface area (Å²) in [6, 6.07) is 0.970. The zero-order valence-electron chi connectivity index (χ0n) is 8.41. The minimum absolute atomic E-state index is 0.111. The number of aromatic nitrogens is 2. The van der Waals surface area contributed by atoms with Crippen LogP contribution in [-0.4, -0.2) is 35.1 Å². The molecule has 0 aliphatic heterocycles. The van der Waals surface area contributed by atoms with E-state index in [0.29, 0.717) is 0 Å². The van der Waals surface area contributed by atoms with E-state index in [2.05, 4.69) is 9.97 Å².